The molecule has 0 nitrogen and oxygen atoms in total. The highest BCUT2D eigenvalue weighted by molar-refractivity contribution is 8.68. The molecule has 0 heterocycles. The van der Waals surface area contributed by atoms with Gasteiger partial charge in [0.25, 0.3) is 0 Å². The van der Waals surface area contributed by atoms with Gasteiger partial charge in [0, 0.05) is 5.75 Å². The number of unbranched alkanes of at least 4 members (excludes halogenated alkanes) is 2. The number of rotatable bonds is 7. The van der Waals surface area contributed by atoms with Gasteiger partial charge in [-0.3, -0.25) is 0 Å². The minimum atomic E-state index is 0.886. The van der Waals surface area contributed by atoms with Crippen LogP contribution in [-0.2, 0) is 0 Å². The molecular weight excluding hydrogens is 172 g/mol. The van der Waals surface area contributed by atoms with Gasteiger partial charge in [0.05, 0.1) is 0 Å². The summed E-state index contributed by atoms with van der Waals surface area (Å²) in [7, 11) is 1.55. The van der Waals surface area contributed by atoms with Crippen molar-refractivity contribution < 1.29 is 0 Å². The molecule has 0 aromatic rings. The fourth-order valence-corrected chi connectivity index (χ4v) is 1.92. The summed E-state index contributed by atoms with van der Waals surface area (Å²) in [5.41, 5.74) is 0. The molecule has 0 aliphatic carbocycles. The Morgan fingerprint density at radius 1 is 1.27 bits per heavy atom. The summed E-state index contributed by atoms with van der Waals surface area (Å²) in [6.07, 6.45) is 6.83. The minimum Gasteiger partial charge on any atom is -0.0817 e. The van der Waals surface area contributed by atoms with Crippen molar-refractivity contribution in [1.82, 2.24) is 0 Å². The van der Waals surface area contributed by atoms with Crippen LogP contribution in [0.5, 0.6) is 0 Å². The predicted molar refractivity (Wildman–Crippen MR) is 58.0 cm³/mol. The summed E-state index contributed by atoms with van der Waals surface area (Å²) in [6, 6.07) is 0. The standard InChI is InChI=1S/C9H19S2/c1-3-4-5-6-9(2)7-8-11-10/h9H,3-8H2,1-2H3. The van der Waals surface area contributed by atoms with Crippen LogP contribution in [-0.4, -0.2) is 5.75 Å². The first-order valence-electron chi connectivity index (χ1n) is 4.56. The molecule has 0 amide bonds. The van der Waals surface area contributed by atoms with E-state index in [4.69, 9.17) is 11.7 Å². The van der Waals surface area contributed by atoms with Crippen molar-refractivity contribution in [2.24, 2.45) is 5.92 Å². The normalized spacial score (nSPS) is 13.4. The summed E-state index contributed by atoms with van der Waals surface area (Å²) in [6.45, 7) is 4.59. The van der Waals surface area contributed by atoms with Crippen molar-refractivity contribution in [3.63, 3.8) is 0 Å². The monoisotopic (exact) mass is 191 g/mol. The molecule has 0 spiro atoms. The number of hydrogen-bond donors (Lipinski definition) is 0. The van der Waals surface area contributed by atoms with Gasteiger partial charge in [-0.15, -0.1) is 0 Å². The van der Waals surface area contributed by atoms with E-state index in [0.29, 0.717) is 0 Å². The molecule has 0 N–H and O–H groups in total. The van der Waals surface area contributed by atoms with Crippen LogP contribution in [0.3, 0.4) is 0 Å². The van der Waals surface area contributed by atoms with E-state index in [2.05, 4.69) is 13.8 Å². The van der Waals surface area contributed by atoms with Crippen molar-refractivity contribution in [3.8, 4) is 0 Å². The molecule has 2 heteroatoms. The van der Waals surface area contributed by atoms with Gasteiger partial charge in [0.15, 0.2) is 0 Å². The van der Waals surface area contributed by atoms with Crippen LogP contribution >= 0.6 is 22.5 Å². The molecule has 1 atom stereocenters. The second-order valence-corrected chi connectivity index (χ2v) is 4.56. The fourth-order valence-electron chi connectivity index (χ4n) is 1.14. The highest BCUT2D eigenvalue weighted by Crippen LogP contribution is 2.17. The van der Waals surface area contributed by atoms with E-state index < -0.39 is 0 Å². The van der Waals surface area contributed by atoms with Crippen LogP contribution in [0.2, 0.25) is 0 Å². The van der Waals surface area contributed by atoms with Crippen molar-refractivity contribution in [3.05, 3.63) is 0 Å². The molecule has 0 aliphatic rings. The minimum absolute atomic E-state index is 0.886. The first kappa shape index (κ1) is 11.7. The Labute approximate surface area is 80.3 Å². The van der Waals surface area contributed by atoms with E-state index in [1.54, 1.807) is 10.8 Å². The van der Waals surface area contributed by atoms with Crippen molar-refractivity contribution in [1.29, 1.82) is 0 Å². The lowest BCUT2D eigenvalue weighted by Gasteiger charge is -2.08. The molecule has 0 aromatic heterocycles. The van der Waals surface area contributed by atoms with Crippen LogP contribution < -0.4 is 0 Å². The van der Waals surface area contributed by atoms with Crippen molar-refractivity contribution in [2.45, 2.75) is 46.0 Å². The van der Waals surface area contributed by atoms with Gasteiger partial charge in [0.2, 0.25) is 0 Å². The maximum atomic E-state index is 4.82. The first-order chi connectivity index (χ1) is 5.31. The molecule has 0 aromatic carbocycles. The number of hydrogen-bond acceptors (Lipinski definition) is 1. The zero-order chi connectivity index (χ0) is 8.53. The third kappa shape index (κ3) is 8.61. The van der Waals surface area contributed by atoms with Crippen molar-refractivity contribution >= 4 is 22.5 Å². The Kier molecular flexibility index (Phi) is 9.35. The van der Waals surface area contributed by atoms with E-state index in [-0.39, 0.29) is 0 Å². The maximum absolute atomic E-state index is 4.82. The lowest BCUT2D eigenvalue weighted by atomic mass is 10.0. The topological polar surface area (TPSA) is 0 Å². The van der Waals surface area contributed by atoms with Gasteiger partial charge >= 0.3 is 0 Å². The summed E-state index contributed by atoms with van der Waals surface area (Å²) in [5, 5.41) is 0. The molecule has 1 radical (unpaired) electrons. The van der Waals surface area contributed by atoms with Gasteiger partial charge in [-0.25, -0.2) is 0 Å². The predicted octanol–water partition coefficient (Wildman–Crippen LogP) is 4.44. The van der Waals surface area contributed by atoms with Crippen LogP contribution in [0.4, 0.5) is 0 Å². The molecule has 0 aliphatic heterocycles. The van der Waals surface area contributed by atoms with Crippen LogP contribution in [0.25, 0.3) is 0 Å². The zero-order valence-corrected chi connectivity index (χ0v) is 9.27. The molecule has 0 rings (SSSR count). The molecular formula is C9H19S2. The van der Waals surface area contributed by atoms with E-state index in [0.717, 1.165) is 11.7 Å². The molecule has 1 unspecified atom stereocenters. The Balaban J connectivity index is 3.02. The molecule has 0 saturated heterocycles. The summed E-state index contributed by atoms with van der Waals surface area (Å²) < 4.78 is 0. The van der Waals surface area contributed by atoms with Gasteiger partial charge < -0.3 is 0 Å². The smallest absolute Gasteiger partial charge is 0.00479 e. The lowest BCUT2D eigenvalue weighted by molar-refractivity contribution is 0.486. The SMILES string of the molecule is CCCCCC(C)CCS[S]. The fraction of sp³-hybridized carbons (Fsp3) is 1.00. The highest BCUT2D eigenvalue weighted by atomic mass is 33.1. The van der Waals surface area contributed by atoms with Crippen LogP contribution in [0.15, 0.2) is 0 Å². The summed E-state index contributed by atoms with van der Waals surface area (Å²) in [4.78, 5) is 0. The highest BCUT2D eigenvalue weighted by Gasteiger charge is 2.00. The summed E-state index contributed by atoms with van der Waals surface area (Å²) >= 11 is 4.82. The zero-order valence-electron chi connectivity index (χ0n) is 7.64. The van der Waals surface area contributed by atoms with Crippen molar-refractivity contribution in [2.75, 3.05) is 5.75 Å². The average Bonchev–Trinajstić information content (AvgIpc) is 2.01. The van der Waals surface area contributed by atoms with Gasteiger partial charge in [-0.05, 0) is 24.0 Å². The second-order valence-electron chi connectivity index (χ2n) is 3.21. The third-order valence-electron chi connectivity index (χ3n) is 1.99. The summed E-state index contributed by atoms with van der Waals surface area (Å²) in [5.74, 6) is 2.04. The molecule has 0 bridgehead atoms. The Hall–Kier alpha value is 0.700. The van der Waals surface area contributed by atoms with E-state index in [1.165, 1.54) is 32.1 Å². The van der Waals surface area contributed by atoms with Gasteiger partial charge in [-0.2, -0.15) is 0 Å². The maximum Gasteiger partial charge on any atom is 0.00479 e. The molecule has 11 heavy (non-hydrogen) atoms. The molecule has 0 fully saturated rings. The molecule has 0 saturated carbocycles. The average molecular weight is 191 g/mol. The Morgan fingerprint density at radius 3 is 2.55 bits per heavy atom. The Bertz CT molecular complexity index is 74.0. The lowest BCUT2D eigenvalue weighted by Crippen LogP contribution is -1.95. The van der Waals surface area contributed by atoms with E-state index in [1.807, 2.05) is 0 Å². The van der Waals surface area contributed by atoms with E-state index >= 15 is 0 Å². The van der Waals surface area contributed by atoms with E-state index in [9.17, 15) is 0 Å². The van der Waals surface area contributed by atoms with Gasteiger partial charge in [0.1, 0.15) is 0 Å². The first-order valence-corrected chi connectivity index (χ1v) is 6.47. The molecule has 67 valence electrons. The largest absolute Gasteiger partial charge is 0.0817 e. The van der Waals surface area contributed by atoms with Crippen LogP contribution in [0, 0.1) is 5.92 Å². The Morgan fingerprint density at radius 2 is 2.00 bits per heavy atom. The van der Waals surface area contributed by atoms with Crippen LogP contribution in [0.1, 0.15) is 46.0 Å². The third-order valence-corrected chi connectivity index (χ3v) is 2.90. The van der Waals surface area contributed by atoms with Gasteiger partial charge in [-0.1, -0.05) is 50.3 Å². The quantitative estimate of drug-likeness (QED) is 0.423. The second kappa shape index (κ2) is 8.79.